The second kappa shape index (κ2) is 14.1. The third-order valence-electron chi connectivity index (χ3n) is 5.58. The van der Waals surface area contributed by atoms with E-state index in [0.717, 1.165) is 47.0 Å². The molecule has 2 aromatic carbocycles. The van der Waals surface area contributed by atoms with Crippen molar-refractivity contribution < 1.29 is 38.1 Å². The van der Waals surface area contributed by atoms with Crippen molar-refractivity contribution in [1.29, 1.82) is 10.5 Å². The van der Waals surface area contributed by atoms with Gasteiger partial charge in [-0.2, -0.15) is 10.5 Å². The number of fused-ring (bicyclic) bond motifs is 2. The topological polar surface area (TPSA) is 153 Å². The van der Waals surface area contributed by atoms with E-state index in [4.69, 9.17) is 18.9 Å². The zero-order valence-corrected chi connectivity index (χ0v) is 26.5. The van der Waals surface area contributed by atoms with E-state index in [9.17, 15) is 29.7 Å². The van der Waals surface area contributed by atoms with Crippen molar-refractivity contribution in [2.45, 2.75) is 53.7 Å². The van der Waals surface area contributed by atoms with Crippen LogP contribution in [0.15, 0.2) is 63.5 Å². The van der Waals surface area contributed by atoms with Gasteiger partial charge in [0.05, 0.1) is 31.5 Å². The SMILES string of the molecule is CCOC(=O)/C(C#N)=C1/Sc2c(OC(C)=O)ccc(-c3ccc(OC(=O)CC)c4c3S/C(=C(/C#N)C(=O)OCC)S4)c2S1. The van der Waals surface area contributed by atoms with Crippen molar-refractivity contribution in [3.63, 3.8) is 0 Å². The van der Waals surface area contributed by atoms with Gasteiger partial charge in [0.15, 0.2) is 11.1 Å². The molecule has 0 aliphatic carbocycles. The summed E-state index contributed by atoms with van der Waals surface area (Å²) in [6.07, 6.45) is 0.138. The fourth-order valence-electron chi connectivity index (χ4n) is 3.79. The first-order chi connectivity index (χ1) is 20.7. The largest absolute Gasteiger partial charge is 0.462 e. The minimum Gasteiger partial charge on any atom is -0.462 e. The summed E-state index contributed by atoms with van der Waals surface area (Å²) in [5.74, 6) is -2.02. The molecule has 0 bridgehead atoms. The van der Waals surface area contributed by atoms with Crippen LogP contribution in [-0.2, 0) is 28.7 Å². The summed E-state index contributed by atoms with van der Waals surface area (Å²) in [6, 6.07) is 10.6. The summed E-state index contributed by atoms with van der Waals surface area (Å²) in [4.78, 5) is 51.5. The van der Waals surface area contributed by atoms with Gasteiger partial charge in [0, 0.05) is 23.1 Å². The average Bonchev–Trinajstić information content (AvgIpc) is 3.61. The normalized spacial score (nSPS) is 15.3. The van der Waals surface area contributed by atoms with E-state index in [2.05, 4.69) is 0 Å². The molecule has 0 saturated heterocycles. The third kappa shape index (κ3) is 6.73. The lowest BCUT2D eigenvalue weighted by atomic mass is 10.0. The van der Waals surface area contributed by atoms with Gasteiger partial charge in [-0.1, -0.05) is 54.0 Å². The molecule has 0 spiro atoms. The average molecular weight is 655 g/mol. The van der Waals surface area contributed by atoms with Crippen LogP contribution in [0.4, 0.5) is 0 Å². The van der Waals surface area contributed by atoms with Gasteiger partial charge >= 0.3 is 23.9 Å². The van der Waals surface area contributed by atoms with Crippen molar-refractivity contribution in [2.24, 2.45) is 0 Å². The zero-order valence-electron chi connectivity index (χ0n) is 23.2. The number of thioether (sulfide) groups is 4. The Balaban J connectivity index is 1.92. The monoisotopic (exact) mass is 654 g/mol. The van der Waals surface area contributed by atoms with Crippen LogP contribution >= 0.6 is 47.0 Å². The summed E-state index contributed by atoms with van der Waals surface area (Å²) in [7, 11) is 0. The molecule has 2 aliphatic rings. The highest BCUT2D eigenvalue weighted by Gasteiger charge is 2.35. The molecule has 2 aliphatic heterocycles. The quantitative estimate of drug-likeness (QED) is 0.130. The Labute approximate surface area is 264 Å². The molecule has 2 aromatic rings. The summed E-state index contributed by atoms with van der Waals surface area (Å²) < 4.78 is 21.9. The molecule has 0 atom stereocenters. The minimum absolute atomic E-state index is 0.0891. The molecule has 0 fully saturated rings. The summed E-state index contributed by atoms with van der Waals surface area (Å²) in [6.45, 7) is 6.39. The molecule has 43 heavy (non-hydrogen) atoms. The zero-order chi connectivity index (χ0) is 31.3. The fraction of sp³-hybridized carbons (Fsp3) is 0.241. The van der Waals surface area contributed by atoms with E-state index >= 15 is 0 Å². The van der Waals surface area contributed by atoms with E-state index in [0.29, 0.717) is 39.2 Å². The van der Waals surface area contributed by atoms with Crippen LogP contribution in [0.2, 0.25) is 0 Å². The molecular formula is C29H22N2O8S4. The Morgan fingerprint density at radius 2 is 1.09 bits per heavy atom. The molecule has 4 rings (SSSR count). The van der Waals surface area contributed by atoms with Crippen molar-refractivity contribution >= 4 is 70.9 Å². The number of hydrogen-bond donors (Lipinski definition) is 0. The number of benzene rings is 2. The number of hydrogen-bond acceptors (Lipinski definition) is 14. The van der Waals surface area contributed by atoms with E-state index in [-0.39, 0.29) is 42.3 Å². The van der Waals surface area contributed by atoms with Crippen molar-refractivity contribution in [2.75, 3.05) is 13.2 Å². The predicted octanol–water partition coefficient (Wildman–Crippen LogP) is 6.59. The van der Waals surface area contributed by atoms with Crippen molar-refractivity contribution in [3.8, 4) is 34.8 Å². The van der Waals surface area contributed by atoms with Gasteiger partial charge in [-0.15, -0.1) is 0 Å². The molecule has 0 saturated carbocycles. The van der Waals surface area contributed by atoms with Crippen LogP contribution in [0.25, 0.3) is 11.1 Å². The van der Waals surface area contributed by atoms with E-state index < -0.39 is 23.9 Å². The lowest BCUT2D eigenvalue weighted by molar-refractivity contribution is -0.138. The van der Waals surface area contributed by atoms with Gasteiger partial charge < -0.3 is 18.9 Å². The van der Waals surface area contributed by atoms with Gasteiger partial charge in [0.2, 0.25) is 0 Å². The second-order valence-electron chi connectivity index (χ2n) is 8.36. The molecule has 220 valence electrons. The molecule has 0 radical (unpaired) electrons. The molecule has 0 amide bonds. The van der Waals surface area contributed by atoms with Crippen LogP contribution in [0, 0.1) is 22.7 Å². The van der Waals surface area contributed by atoms with E-state index in [1.807, 2.05) is 12.1 Å². The fourth-order valence-corrected chi connectivity index (χ4v) is 9.08. The Morgan fingerprint density at radius 3 is 1.47 bits per heavy atom. The van der Waals surface area contributed by atoms with Gasteiger partial charge in [0.1, 0.15) is 23.6 Å². The predicted molar refractivity (Wildman–Crippen MR) is 161 cm³/mol. The van der Waals surface area contributed by atoms with Gasteiger partial charge in [-0.3, -0.25) is 9.59 Å². The van der Waals surface area contributed by atoms with Crippen LogP contribution in [0.5, 0.6) is 11.5 Å². The highest BCUT2D eigenvalue weighted by molar-refractivity contribution is 8.25. The molecule has 2 heterocycles. The minimum atomic E-state index is -0.767. The van der Waals surface area contributed by atoms with Gasteiger partial charge in [0.25, 0.3) is 0 Å². The van der Waals surface area contributed by atoms with Gasteiger partial charge in [-0.05, 0) is 49.2 Å². The lowest BCUT2D eigenvalue weighted by Crippen LogP contribution is -2.07. The standard InChI is InChI=1S/C29H22N2O8S4/c1-5-21(33)39-20-11-9-16(23-25(20)43-29(41-23)18(13-31)27(35)37-7-3)15-8-10-19(38-14(4)32)24-22(15)40-28(42-24)17(12-30)26(34)36-6-2/h8-11H,5-7H2,1-4H3/b28-17+,29-18+. The van der Waals surface area contributed by atoms with Crippen molar-refractivity contribution in [1.82, 2.24) is 0 Å². The first-order valence-electron chi connectivity index (χ1n) is 12.7. The molecule has 10 nitrogen and oxygen atoms in total. The smallest absolute Gasteiger partial charge is 0.350 e. The van der Waals surface area contributed by atoms with Gasteiger partial charge in [-0.25, -0.2) is 9.59 Å². The Bertz CT molecular complexity index is 1700. The summed E-state index contributed by atoms with van der Waals surface area (Å²) in [5, 5.41) is 19.5. The number of rotatable bonds is 8. The molecule has 0 unspecified atom stereocenters. The molecule has 0 N–H and O–H groups in total. The third-order valence-corrected chi connectivity index (χ3v) is 10.9. The highest BCUT2D eigenvalue weighted by Crippen LogP contribution is 2.63. The number of nitriles is 2. The maximum absolute atomic E-state index is 12.6. The maximum atomic E-state index is 12.6. The number of carbonyl (C=O) groups is 4. The molecular weight excluding hydrogens is 633 g/mol. The second-order valence-corrected chi connectivity index (χ2v) is 13.0. The van der Waals surface area contributed by atoms with E-state index in [1.54, 1.807) is 45.0 Å². The number of ether oxygens (including phenoxy) is 4. The van der Waals surface area contributed by atoms with Crippen LogP contribution in [-0.4, -0.2) is 37.1 Å². The van der Waals surface area contributed by atoms with Crippen LogP contribution in [0.3, 0.4) is 0 Å². The number of nitrogens with zero attached hydrogens (tertiary/aromatic N) is 2. The Kier molecular flexibility index (Phi) is 10.5. The Morgan fingerprint density at radius 1 is 0.674 bits per heavy atom. The highest BCUT2D eigenvalue weighted by atomic mass is 32.2. The van der Waals surface area contributed by atoms with Crippen LogP contribution in [0.1, 0.15) is 34.1 Å². The van der Waals surface area contributed by atoms with E-state index in [1.165, 1.54) is 6.92 Å². The lowest BCUT2D eigenvalue weighted by Gasteiger charge is -2.15. The summed E-state index contributed by atoms with van der Waals surface area (Å²) in [5.41, 5.74) is 0.969. The molecule has 14 heteroatoms. The molecule has 0 aromatic heterocycles. The number of esters is 4. The summed E-state index contributed by atoms with van der Waals surface area (Å²) >= 11 is 4.56. The number of carbonyl (C=O) groups excluding carboxylic acids is 4. The first-order valence-corrected chi connectivity index (χ1v) is 16.0. The maximum Gasteiger partial charge on any atom is 0.350 e. The Hall–Kier alpha value is -3.82. The first kappa shape index (κ1) is 32.1. The van der Waals surface area contributed by atoms with Crippen LogP contribution < -0.4 is 9.47 Å². The van der Waals surface area contributed by atoms with Crippen molar-refractivity contribution in [3.05, 3.63) is 43.9 Å².